The molecule has 0 aliphatic carbocycles. The van der Waals surface area contributed by atoms with Crippen molar-refractivity contribution in [2.75, 3.05) is 5.32 Å². The SMILES string of the molecule is CCCn1cc(Cl)cc1C(=O)Nc1[nH]ncc1CC. The van der Waals surface area contributed by atoms with Gasteiger partial charge in [-0.1, -0.05) is 25.4 Å². The summed E-state index contributed by atoms with van der Waals surface area (Å²) in [6.07, 6.45) is 5.24. The minimum absolute atomic E-state index is 0.181. The lowest BCUT2D eigenvalue weighted by atomic mass is 10.2. The molecule has 0 radical (unpaired) electrons. The van der Waals surface area contributed by atoms with Gasteiger partial charge in [-0.05, 0) is 18.9 Å². The van der Waals surface area contributed by atoms with E-state index in [0.29, 0.717) is 16.5 Å². The highest BCUT2D eigenvalue weighted by molar-refractivity contribution is 6.31. The molecule has 2 rings (SSSR count). The zero-order valence-electron chi connectivity index (χ0n) is 11.0. The molecule has 0 aromatic carbocycles. The maximum Gasteiger partial charge on any atom is 0.273 e. The van der Waals surface area contributed by atoms with Crippen LogP contribution in [0.2, 0.25) is 5.02 Å². The Labute approximate surface area is 117 Å². The lowest BCUT2D eigenvalue weighted by Gasteiger charge is -2.08. The zero-order valence-corrected chi connectivity index (χ0v) is 11.8. The van der Waals surface area contributed by atoms with E-state index in [9.17, 15) is 4.79 Å². The molecule has 6 heteroatoms. The van der Waals surface area contributed by atoms with Crippen LogP contribution in [0.5, 0.6) is 0 Å². The lowest BCUT2D eigenvalue weighted by Crippen LogP contribution is -2.17. The Morgan fingerprint density at radius 2 is 2.32 bits per heavy atom. The van der Waals surface area contributed by atoms with Crippen LogP contribution in [0, 0.1) is 0 Å². The van der Waals surface area contributed by atoms with Crippen molar-refractivity contribution in [2.24, 2.45) is 0 Å². The summed E-state index contributed by atoms with van der Waals surface area (Å²) in [6.45, 7) is 4.83. The van der Waals surface area contributed by atoms with Gasteiger partial charge in [0.2, 0.25) is 0 Å². The van der Waals surface area contributed by atoms with Crippen LogP contribution in [0.1, 0.15) is 36.3 Å². The highest BCUT2D eigenvalue weighted by atomic mass is 35.5. The number of amides is 1. The predicted octanol–water partition coefficient (Wildman–Crippen LogP) is 3.09. The van der Waals surface area contributed by atoms with Crippen LogP contribution in [0.3, 0.4) is 0 Å². The quantitative estimate of drug-likeness (QED) is 0.884. The second kappa shape index (κ2) is 5.93. The van der Waals surface area contributed by atoms with Gasteiger partial charge in [-0.15, -0.1) is 0 Å². The number of nitrogens with one attached hydrogen (secondary N) is 2. The molecule has 0 aliphatic rings. The van der Waals surface area contributed by atoms with Crippen molar-refractivity contribution in [3.63, 3.8) is 0 Å². The molecule has 0 aliphatic heterocycles. The van der Waals surface area contributed by atoms with Crippen molar-refractivity contribution in [2.45, 2.75) is 33.2 Å². The molecular weight excluding hydrogens is 264 g/mol. The van der Waals surface area contributed by atoms with Crippen molar-refractivity contribution < 1.29 is 4.79 Å². The van der Waals surface area contributed by atoms with Crippen molar-refractivity contribution in [3.8, 4) is 0 Å². The fourth-order valence-corrected chi connectivity index (χ4v) is 2.18. The summed E-state index contributed by atoms with van der Waals surface area (Å²) < 4.78 is 1.86. The van der Waals surface area contributed by atoms with Crippen LogP contribution in [0.4, 0.5) is 5.82 Å². The lowest BCUT2D eigenvalue weighted by molar-refractivity contribution is 0.101. The first-order valence-corrected chi connectivity index (χ1v) is 6.72. The summed E-state index contributed by atoms with van der Waals surface area (Å²) >= 11 is 5.96. The fourth-order valence-electron chi connectivity index (χ4n) is 1.96. The highest BCUT2D eigenvalue weighted by Crippen LogP contribution is 2.17. The molecule has 2 aromatic rings. The van der Waals surface area contributed by atoms with E-state index in [1.807, 2.05) is 11.5 Å². The Bertz CT molecular complexity index is 573. The molecular formula is C13H17ClN4O. The zero-order chi connectivity index (χ0) is 13.8. The minimum atomic E-state index is -0.181. The Morgan fingerprint density at radius 3 is 3.00 bits per heavy atom. The summed E-state index contributed by atoms with van der Waals surface area (Å²) in [5.74, 6) is 0.465. The van der Waals surface area contributed by atoms with Gasteiger partial charge in [-0.2, -0.15) is 5.10 Å². The van der Waals surface area contributed by atoms with Crippen LogP contribution >= 0.6 is 11.6 Å². The first kappa shape index (κ1) is 13.7. The minimum Gasteiger partial charge on any atom is -0.342 e. The molecule has 1 amide bonds. The Balaban J connectivity index is 2.20. The first-order chi connectivity index (χ1) is 9.15. The molecule has 0 fully saturated rings. The van der Waals surface area contributed by atoms with Gasteiger partial charge in [0.1, 0.15) is 11.5 Å². The number of carbonyl (C=O) groups is 1. The number of aromatic amines is 1. The maximum atomic E-state index is 12.3. The average molecular weight is 281 g/mol. The summed E-state index contributed by atoms with van der Waals surface area (Å²) in [6, 6.07) is 1.68. The van der Waals surface area contributed by atoms with Crippen LogP contribution in [-0.2, 0) is 13.0 Å². The van der Waals surface area contributed by atoms with E-state index in [-0.39, 0.29) is 5.91 Å². The van der Waals surface area contributed by atoms with Crippen molar-refractivity contribution >= 4 is 23.3 Å². The van der Waals surface area contributed by atoms with E-state index in [4.69, 9.17) is 11.6 Å². The van der Waals surface area contributed by atoms with Crippen molar-refractivity contribution in [1.29, 1.82) is 0 Å². The summed E-state index contributed by atoms with van der Waals surface area (Å²) in [4.78, 5) is 12.3. The molecule has 0 spiro atoms. The molecule has 0 atom stereocenters. The number of hydrogen-bond acceptors (Lipinski definition) is 2. The summed E-state index contributed by atoms with van der Waals surface area (Å²) in [7, 11) is 0. The normalized spacial score (nSPS) is 10.7. The number of carbonyl (C=O) groups excluding carboxylic acids is 1. The summed E-state index contributed by atoms with van der Waals surface area (Å²) in [5, 5.41) is 10.1. The summed E-state index contributed by atoms with van der Waals surface area (Å²) in [5.41, 5.74) is 1.54. The molecule has 5 nitrogen and oxygen atoms in total. The van der Waals surface area contributed by atoms with Crippen molar-refractivity contribution in [1.82, 2.24) is 14.8 Å². The van der Waals surface area contributed by atoms with Crippen LogP contribution < -0.4 is 5.32 Å². The largest absolute Gasteiger partial charge is 0.342 e. The Kier molecular flexibility index (Phi) is 4.27. The third-order valence-corrected chi connectivity index (χ3v) is 3.10. The van der Waals surface area contributed by atoms with E-state index in [0.717, 1.165) is 24.9 Å². The van der Waals surface area contributed by atoms with Crippen LogP contribution in [0.25, 0.3) is 0 Å². The highest BCUT2D eigenvalue weighted by Gasteiger charge is 2.15. The van der Waals surface area contributed by atoms with E-state index in [1.165, 1.54) is 0 Å². The van der Waals surface area contributed by atoms with E-state index in [2.05, 4.69) is 22.4 Å². The average Bonchev–Trinajstić information content (AvgIpc) is 2.96. The van der Waals surface area contributed by atoms with Crippen molar-refractivity contribution in [3.05, 3.63) is 34.7 Å². The van der Waals surface area contributed by atoms with Gasteiger partial charge in [0, 0.05) is 18.3 Å². The first-order valence-electron chi connectivity index (χ1n) is 6.35. The molecule has 2 heterocycles. The fraction of sp³-hybridized carbons (Fsp3) is 0.385. The molecule has 19 heavy (non-hydrogen) atoms. The number of halogens is 1. The number of aryl methyl sites for hydroxylation is 2. The molecule has 0 saturated heterocycles. The predicted molar refractivity (Wildman–Crippen MR) is 75.7 cm³/mol. The molecule has 0 saturated carbocycles. The maximum absolute atomic E-state index is 12.3. The molecule has 2 aromatic heterocycles. The monoisotopic (exact) mass is 280 g/mol. The number of anilines is 1. The van der Waals surface area contributed by atoms with Gasteiger partial charge in [-0.3, -0.25) is 9.89 Å². The number of H-pyrrole nitrogens is 1. The topological polar surface area (TPSA) is 62.7 Å². The number of hydrogen-bond donors (Lipinski definition) is 2. The Hall–Kier alpha value is -1.75. The number of aromatic nitrogens is 3. The third kappa shape index (κ3) is 2.98. The van der Waals surface area contributed by atoms with Gasteiger partial charge in [0.15, 0.2) is 0 Å². The molecule has 2 N–H and O–H groups in total. The second-order valence-electron chi connectivity index (χ2n) is 4.31. The van der Waals surface area contributed by atoms with E-state index < -0.39 is 0 Å². The number of nitrogens with zero attached hydrogens (tertiary/aromatic N) is 2. The van der Waals surface area contributed by atoms with E-state index >= 15 is 0 Å². The van der Waals surface area contributed by atoms with Gasteiger partial charge < -0.3 is 9.88 Å². The third-order valence-electron chi connectivity index (χ3n) is 2.90. The Morgan fingerprint density at radius 1 is 1.53 bits per heavy atom. The van der Waals surface area contributed by atoms with Gasteiger partial charge in [0.05, 0.1) is 11.2 Å². The van der Waals surface area contributed by atoms with Crippen LogP contribution in [-0.4, -0.2) is 20.7 Å². The second-order valence-corrected chi connectivity index (χ2v) is 4.75. The standard InChI is InChI=1S/C13H17ClN4O/c1-3-5-18-8-10(14)6-11(18)13(19)16-12-9(4-2)7-15-17-12/h6-8H,3-5H2,1-2H3,(H2,15,16,17,19). The molecule has 0 unspecified atom stereocenters. The number of rotatable bonds is 5. The molecule has 102 valence electrons. The molecule has 0 bridgehead atoms. The van der Waals surface area contributed by atoms with Gasteiger partial charge >= 0.3 is 0 Å². The van der Waals surface area contributed by atoms with Gasteiger partial charge in [0.25, 0.3) is 5.91 Å². The van der Waals surface area contributed by atoms with Gasteiger partial charge in [-0.25, -0.2) is 0 Å². The smallest absolute Gasteiger partial charge is 0.273 e. The van der Waals surface area contributed by atoms with Crippen LogP contribution in [0.15, 0.2) is 18.5 Å². The van der Waals surface area contributed by atoms with E-state index in [1.54, 1.807) is 18.5 Å².